The highest BCUT2D eigenvalue weighted by atomic mass is 16.6. The van der Waals surface area contributed by atoms with E-state index in [9.17, 15) is 14.4 Å². The summed E-state index contributed by atoms with van der Waals surface area (Å²) in [4.78, 5) is 37.9. The number of esters is 3. The predicted molar refractivity (Wildman–Crippen MR) is 260 cm³/mol. The third kappa shape index (κ3) is 46.7. The number of rotatable bonds is 41. The van der Waals surface area contributed by atoms with Gasteiger partial charge in [-0.25, -0.2) is 0 Å². The Balaban J connectivity index is 4.52. The Labute approximate surface area is 373 Å². The molecule has 0 rings (SSSR count). The fraction of sp³-hybridized carbons (Fsp3) is 0.582. The standard InChI is InChI=1S/C55H86O6/c1-4-7-10-13-16-19-22-25-26-27-28-31-33-36-39-42-45-48-54(57)60-51-52(61-55(58)49-46-43-40-37-34-30-24-21-18-15-12-9-6-3)50-59-53(56)47-44-41-38-35-32-29-23-20-17-14-11-8-5-2/h8-9,11-12,14-21,23-26,29-30,32,34,52H,4-7,10,13,22,27-28,31,33,35-51H2,1-3H3/b11-8-,12-9-,17-14-,18-15-,19-16-,23-20-,24-21-,26-25-,32-29-,34-30-. The van der Waals surface area contributed by atoms with Gasteiger partial charge in [0.15, 0.2) is 6.10 Å². The van der Waals surface area contributed by atoms with Gasteiger partial charge in [0.2, 0.25) is 0 Å². The molecule has 0 bridgehead atoms. The number of unbranched alkanes of at least 4 members (excludes halogenated alkanes) is 16. The molecule has 6 heteroatoms. The fourth-order valence-electron chi connectivity index (χ4n) is 6.02. The first-order valence-electron chi connectivity index (χ1n) is 24.1. The van der Waals surface area contributed by atoms with E-state index in [1.165, 1.54) is 51.4 Å². The zero-order valence-corrected chi connectivity index (χ0v) is 38.9. The Morgan fingerprint density at radius 3 is 1.15 bits per heavy atom. The second-order valence-corrected chi connectivity index (χ2v) is 15.4. The maximum absolute atomic E-state index is 12.7. The molecule has 0 spiro atoms. The van der Waals surface area contributed by atoms with Crippen molar-refractivity contribution < 1.29 is 28.6 Å². The van der Waals surface area contributed by atoms with Crippen molar-refractivity contribution in [2.45, 2.75) is 194 Å². The van der Waals surface area contributed by atoms with Gasteiger partial charge in [0.05, 0.1) is 0 Å². The average Bonchev–Trinajstić information content (AvgIpc) is 3.26. The van der Waals surface area contributed by atoms with E-state index in [0.29, 0.717) is 19.3 Å². The van der Waals surface area contributed by atoms with Crippen molar-refractivity contribution in [3.05, 3.63) is 122 Å². The Morgan fingerprint density at radius 1 is 0.361 bits per heavy atom. The first-order chi connectivity index (χ1) is 30.0. The highest BCUT2D eigenvalue weighted by Crippen LogP contribution is 2.12. The summed E-state index contributed by atoms with van der Waals surface area (Å²) in [6.07, 6.45) is 66.1. The summed E-state index contributed by atoms with van der Waals surface area (Å²) < 4.78 is 16.7. The first kappa shape index (κ1) is 56.8. The van der Waals surface area contributed by atoms with Gasteiger partial charge in [-0.3, -0.25) is 14.4 Å². The van der Waals surface area contributed by atoms with Crippen LogP contribution in [0.15, 0.2) is 122 Å². The molecule has 0 aromatic rings. The van der Waals surface area contributed by atoms with Crippen LogP contribution in [0, 0.1) is 0 Å². The molecule has 0 aliphatic rings. The van der Waals surface area contributed by atoms with Crippen LogP contribution in [0.1, 0.15) is 188 Å². The van der Waals surface area contributed by atoms with Crippen LogP contribution in [0.3, 0.4) is 0 Å². The van der Waals surface area contributed by atoms with Crippen LogP contribution in [-0.2, 0) is 28.6 Å². The van der Waals surface area contributed by atoms with Crippen LogP contribution in [0.2, 0.25) is 0 Å². The van der Waals surface area contributed by atoms with E-state index in [1.54, 1.807) is 0 Å². The van der Waals surface area contributed by atoms with E-state index in [1.807, 2.05) is 72.9 Å². The van der Waals surface area contributed by atoms with Gasteiger partial charge in [-0.15, -0.1) is 0 Å². The van der Waals surface area contributed by atoms with Crippen molar-refractivity contribution in [3.8, 4) is 0 Å². The molecule has 0 aliphatic carbocycles. The quantitative estimate of drug-likeness (QED) is 0.0201. The third-order valence-electron chi connectivity index (χ3n) is 9.62. The van der Waals surface area contributed by atoms with Crippen LogP contribution in [-0.4, -0.2) is 37.2 Å². The monoisotopic (exact) mass is 843 g/mol. The molecular weight excluding hydrogens is 757 g/mol. The maximum Gasteiger partial charge on any atom is 0.306 e. The largest absolute Gasteiger partial charge is 0.462 e. The molecule has 6 nitrogen and oxygen atoms in total. The summed E-state index contributed by atoms with van der Waals surface area (Å²) in [7, 11) is 0. The minimum atomic E-state index is -0.820. The summed E-state index contributed by atoms with van der Waals surface area (Å²) in [6, 6.07) is 0. The van der Waals surface area contributed by atoms with Crippen molar-refractivity contribution in [3.63, 3.8) is 0 Å². The fourth-order valence-corrected chi connectivity index (χ4v) is 6.02. The highest BCUT2D eigenvalue weighted by Gasteiger charge is 2.19. The number of allylic oxidation sites excluding steroid dienone is 20. The number of carbonyl (C=O) groups excluding carboxylic acids is 3. The zero-order valence-electron chi connectivity index (χ0n) is 38.9. The van der Waals surface area contributed by atoms with Crippen molar-refractivity contribution in [1.82, 2.24) is 0 Å². The second kappa shape index (κ2) is 48.5. The van der Waals surface area contributed by atoms with Crippen LogP contribution >= 0.6 is 0 Å². The number of hydrogen-bond acceptors (Lipinski definition) is 6. The smallest absolute Gasteiger partial charge is 0.306 e. The molecular formula is C55H86O6. The van der Waals surface area contributed by atoms with E-state index < -0.39 is 6.10 Å². The molecule has 0 N–H and O–H groups in total. The Bertz CT molecular complexity index is 1340. The third-order valence-corrected chi connectivity index (χ3v) is 9.62. The molecule has 0 heterocycles. The average molecular weight is 843 g/mol. The van der Waals surface area contributed by atoms with Crippen molar-refractivity contribution in [2.75, 3.05) is 13.2 Å². The van der Waals surface area contributed by atoms with E-state index >= 15 is 0 Å². The first-order valence-corrected chi connectivity index (χ1v) is 24.1. The van der Waals surface area contributed by atoms with Gasteiger partial charge < -0.3 is 14.2 Å². The van der Waals surface area contributed by atoms with Crippen molar-refractivity contribution in [1.29, 1.82) is 0 Å². The van der Waals surface area contributed by atoms with Crippen molar-refractivity contribution >= 4 is 17.9 Å². The van der Waals surface area contributed by atoms with Gasteiger partial charge in [-0.1, -0.05) is 200 Å². The van der Waals surface area contributed by atoms with E-state index in [0.717, 1.165) is 89.9 Å². The topological polar surface area (TPSA) is 78.9 Å². The summed E-state index contributed by atoms with van der Waals surface area (Å²) >= 11 is 0. The lowest BCUT2D eigenvalue weighted by Gasteiger charge is -2.18. The summed E-state index contributed by atoms with van der Waals surface area (Å²) in [5.41, 5.74) is 0. The highest BCUT2D eigenvalue weighted by molar-refractivity contribution is 5.71. The molecule has 0 aromatic carbocycles. The molecule has 1 unspecified atom stereocenters. The SMILES string of the molecule is CC\C=C/C=C\C=C/C=C\CCCCCC(=O)OCC(COC(=O)CCCCCCCCC/C=C\C/C=C\CCCCC)OC(=O)CCCCC\C=C/C=C\C=C/C=C\CC. The molecule has 0 saturated carbocycles. The molecule has 61 heavy (non-hydrogen) atoms. The predicted octanol–water partition coefficient (Wildman–Crippen LogP) is 15.7. The molecule has 342 valence electrons. The molecule has 0 amide bonds. The van der Waals surface area contributed by atoms with E-state index in [2.05, 4.69) is 69.4 Å². The van der Waals surface area contributed by atoms with Gasteiger partial charge >= 0.3 is 17.9 Å². The molecule has 0 fully saturated rings. The minimum Gasteiger partial charge on any atom is -0.462 e. The van der Waals surface area contributed by atoms with Crippen LogP contribution in [0.4, 0.5) is 0 Å². The normalized spacial score (nSPS) is 13.2. The molecule has 0 saturated heterocycles. The summed E-state index contributed by atoms with van der Waals surface area (Å²) in [5.74, 6) is -1.01. The Hall–Kier alpha value is -4.19. The molecule has 0 aromatic heterocycles. The lowest BCUT2D eigenvalue weighted by atomic mass is 10.1. The molecule has 1 atom stereocenters. The number of carbonyl (C=O) groups is 3. The zero-order chi connectivity index (χ0) is 44.4. The second-order valence-electron chi connectivity index (χ2n) is 15.4. The molecule has 0 radical (unpaired) electrons. The van der Waals surface area contributed by atoms with Crippen LogP contribution in [0.5, 0.6) is 0 Å². The van der Waals surface area contributed by atoms with Gasteiger partial charge in [-0.2, -0.15) is 0 Å². The van der Waals surface area contributed by atoms with Gasteiger partial charge in [0.25, 0.3) is 0 Å². The van der Waals surface area contributed by atoms with Gasteiger partial charge in [0, 0.05) is 19.3 Å². The van der Waals surface area contributed by atoms with E-state index in [-0.39, 0.29) is 37.5 Å². The van der Waals surface area contributed by atoms with E-state index in [4.69, 9.17) is 14.2 Å². The minimum absolute atomic E-state index is 0.115. The number of hydrogen-bond donors (Lipinski definition) is 0. The van der Waals surface area contributed by atoms with Gasteiger partial charge in [-0.05, 0) is 89.9 Å². The summed E-state index contributed by atoms with van der Waals surface area (Å²) in [5, 5.41) is 0. The lowest BCUT2D eigenvalue weighted by Crippen LogP contribution is -2.30. The van der Waals surface area contributed by atoms with Crippen LogP contribution < -0.4 is 0 Å². The Kier molecular flexibility index (Phi) is 45.1. The lowest BCUT2D eigenvalue weighted by molar-refractivity contribution is -0.167. The van der Waals surface area contributed by atoms with Gasteiger partial charge in [0.1, 0.15) is 13.2 Å². The number of ether oxygens (including phenoxy) is 3. The summed E-state index contributed by atoms with van der Waals surface area (Å²) in [6.45, 7) is 6.23. The molecule has 0 aliphatic heterocycles. The van der Waals surface area contributed by atoms with Crippen molar-refractivity contribution in [2.24, 2.45) is 0 Å². The van der Waals surface area contributed by atoms with Crippen LogP contribution in [0.25, 0.3) is 0 Å². The Morgan fingerprint density at radius 2 is 0.705 bits per heavy atom. The maximum atomic E-state index is 12.7.